The Hall–Kier alpha value is -0.450. The normalized spacial score (nSPS) is 37.8. The van der Waals surface area contributed by atoms with Crippen molar-refractivity contribution in [2.75, 3.05) is 0 Å². The number of hydrogen-bond acceptors (Lipinski definition) is 2. The Balaban J connectivity index is 2.08. The van der Waals surface area contributed by atoms with Crippen molar-refractivity contribution >= 4 is 15.9 Å². The molecule has 1 saturated carbocycles. The van der Waals surface area contributed by atoms with Crippen LogP contribution in [0.5, 0.6) is 0 Å². The van der Waals surface area contributed by atoms with Gasteiger partial charge in [0, 0.05) is 16.0 Å². The molecule has 3 rings (SSSR count). The van der Waals surface area contributed by atoms with Crippen molar-refractivity contribution in [2.45, 2.75) is 25.0 Å². The molecule has 1 aromatic rings. The summed E-state index contributed by atoms with van der Waals surface area (Å²) in [5.74, 6) is 0.227. The zero-order valence-corrected chi connectivity index (χ0v) is 9.84. The molecule has 15 heavy (non-hydrogen) atoms. The van der Waals surface area contributed by atoms with E-state index in [4.69, 9.17) is 4.84 Å². The first-order chi connectivity index (χ1) is 7.11. The van der Waals surface area contributed by atoms with Crippen molar-refractivity contribution in [2.24, 2.45) is 5.92 Å². The molecule has 0 radical (unpaired) electrons. The maximum absolute atomic E-state index is 13.7. The Bertz CT molecular complexity index is 425. The average molecular weight is 272 g/mol. The molecule has 1 saturated heterocycles. The van der Waals surface area contributed by atoms with Crippen LogP contribution < -0.4 is 5.48 Å². The smallest absolute Gasteiger partial charge is 0.128 e. The lowest BCUT2D eigenvalue weighted by molar-refractivity contribution is 0.0212. The monoisotopic (exact) mass is 271 g/mol. The molecular formula is C11H11BrFNO. The maximum Gasteiger partial charge on any atom is 0.128 e. The van der Waals surface area contributed by atoms with Crippen LogP contribution in [-0.2, 0) is 10.4 Å². The lowest BCUT2D eigenvalue weighted by Crippen LogP contribution is -2.37. The van der Waals surface area contributed by atoms with Gasteiger partial charge in [-0.05, 0) is 31.5 Å². The van der Waals surface area contributed by atoms with Gasteiger partial charge in [0.2, 0.25) is 0 Å². The Morgan fingerprint density at radius 2 is 2.40 bits per heavy atom. The second-order valence-corrected chi connectivity index (χ2v) is 5.34. The van der Waals surface area contributed by atoms with E-state index >= 15 is 0 Å². The average Bonchev–Trinajstić information content (AvgIpc) is 2.92. The van der Waals surface area contributed by atoms with E-state index < -0.39 is 0 Å². The molecule has 0 spiro atoms. The van der Waals surface area contributed by atoms with Crippen LogP contribution in [0.1, 0.15) is 18.9 Å². The highest BCUT2D eigenvalue weighted by Gasteiger charge is 2.59. The summed E-state index contributed by atoms with van der Waals surface area (Å²) in [5, 5.41) is 0. The summed E-state index contributed by atoms with van der Waals surface area (Å²) in [6.07, 6.45) is 1.29. The number of nitrogens with one attached hydrogen (secondary N) is 1. The lowest BCUT2D eigenvalue weighted by atomic mass is 9.88. The molecule has 2 fully saturated rings. The predicted molar refractivity (Wildman–Crippen MR) is 57.6 cm³/mol. The summed E-state index contributed by atoms with van der Waals surface area (Å²) in [7, 11) is 0. The van der Waals surface area contributed by atoms with Gasteiger partial charge in [-0.3, -0.25) is 4.84 Å². The first-order valence-corrected chi connectivity index (χ1v) is 5.79. The third kappa shape index (κ3) is 1.35. The van der Waals surface area contributed by atoms with E-state index in [0.717, 1.165) is 10.9 Å². The van der Waals surface area contributed by atoms with Gasteiger partial charge in [0.1, 0.15) is 5.82 Å². The number of benzene rings is 1. The maximum atomic E-state index is 13.7. The van der Waals surface area contributed by atoms with Gasteiger partial charge in [-0.25, -0.2) is 4.39 Å². The Morgan fingerprint density at radius 1 is 1.60 bits per heavy atom. The molecule has 0 aromatic heterocycles. The van der Waals surface area contributed by atoms with Gasteiger partial charge in [-0.2, -0.15) is 5.48 Å². The fraction of sp³-hybridized carbons (Fsp3) is 0.455. The first kappa shape index (κ1) is 9.75. The van der Waals surface area contributed by atoms with Crippen molar-refractivity contribution in [3.63, 3.8) is 0 Å². The summed E-state index contributed by atoms with van der Waals surface area (Å²) in [6, 6.07) is 5.02. The third-order valence-electron chi connectivity index (χ3n) is 3.38. The van der Waals surface area contributed by atoms with Crippen molar-refractivity contribution < 1.29 is 9.23 Å². The predicted octanol–water partition coefficient (Wildman–Crippen LogP) is 2.73. The fourth-order valence-corrected chi connectivity index (χ4v) is 2.69. The standard InChI is InChI=1S/C11H11BrFNO/c1-11(8-5-10(8)15-14-11)7-4-6(12)2-3-9(7)13/h2-4,8,10,14H,5H2,1H3/t8-,10?,11-/m0/s1. The summed E-state index contributed by atoms with van der Waals surface area (Å²) in [5.41, 5.74) is 3.26. The van der Waals surface area contributed by atoms with Crippen molar-refractivity contribution in [1.29, 1.82) is 0 Å². The molecule has 1 aliphatic carbocycles. The van der Waals surface area contributed by atoms with Crippen molar-refractivity contribution in [3.8, 4) is 0 Å². The number of hydroxylamine groups is 1. The molecule has 1 aliphatic heterocycles. The van der Waals surface area contributed by atoms with Gasteiger partial charge in [0.15, 0.2) is 0 Å². The van der Waals surface area contributed by atoms with Crippen LogP contribution in [-0.4, -0.2) is 6.10 Å². The summed E-state index contributed by atoms with van der Waals surface area (Å²) >= 11 is 3.37. The molecule has 2 nitrogen and oxygen atoms in total. The van der Waals surface area contributed by atoms with E-state index in [1.54, 1.807) is 6.07 Å². The van der Waals surface area contributed by atoms with E-state index in [-0.39, 0.29) is 17.5 Å². The molecule has 4 heteroatoms. The van der Waals surface area contributed by atoms with Gasteiger partial charge in [0.25, 0.3) is 0 Å². The number of halogens is 2. The highest BCUT2D eigenvalue weighted by Crippen LogP contribution is 2.52. The minimum atomic E-state index is -0.376. The second-order valence-electron chi connectivity index (χ2n) is 4.43. The van der Waals surface area contributed by atoms with Crippen LogP contribution >= 0.6 is 15.9 Å². The Labute approximate surface area is 95.9 Å². The van der Waals surface area contributed by atoms with Gasteiger partial charge in [-0.15, -0.1) is 0 Å². The Kier molecular flexibility index (Phi) is 1.97. The highest BCUT2D eigenvalue weighted by atomic mass is 79.9. The van der Waals surface area contributed by atoms with Crippen LogP contribution in [0.3, 0.4) is 0 Å². The molecule has 0 amide bonds. The van der Waals surface area contributed by atoms with Gasteiger partial charge >= 0.3 is 0 Å². The second kappa shape index (κ2) is 3.03. The van der Waals surface area contributed by atoms with Gasteiger partial charge < -0.3 is 0 Å². The van der Waals surface area contributed by atoms with Crippen LogP contribution in [0.2, 0.25) is 0 Å². The molecule has 1 aromatic carbocycles. The van der Waals surface area contributed by atoms with E-state index in [0.29, 0.717) is 11.5 Å². The number of fused-ring (bicyclic) bond motifs is 1. The van der Waals surface area contributed by atoms with Crippen LogP contribution in [0, 0.1) is 11.7 Å². The van der Waals surface area contributed by atoms with E-state index in [1.807, 2.05) is 13.0 Å². The third-order valence-corrected chi connectivity index (χ3v) is 3.88. The molecule has 1 unspecified atom stereocenters. The summed E-state index contributed by atoms with van der Waals surface area (Å²) in [6.45, 7) is 2.00. The Morgan fingerprint density at radius 3 is 3.00 bits per heavy atom. The van der Waals surface area contributed by atoms with Crippen molar-refractivity contribution in [1.82, 2.24) is 5.48 Å². The fourth-order valence-electron chi connectivity index (χ4n) is 2.33. The summed E-state index contributed by atoms with van der Waals surface area (Å²) in [4.78, 5) is 5.36. The van der Waals surface area contributed by atoms with E-state index in [1.165, 1.54) is 6.07 Å². The number of hydrogen-bond donors (Lipinski definition) is 1. The quantitative estimate of drug-likeness (QED) is 0.848. The number of rotatable bonds is 1. The molecule has 1 heterocycles. The topological polar surface area (TPSA) is 21.3 Å². The molecule has 0 bridgehead atoms. The minimum absolute atomic E-state index is 0.177. The zero-order valence-electron chi connectivity index (χ0n) is 8.26. The van der Waals surface area contributed by atoms with Crippen LogP contribution in [0.25, 0.3) is 0 Å². The molecule has 1 N–H and O–H groups in total. The SMILES string of the molecule is C[C@@]1(c2cc(Br)ccc2F)NOC2C[C@@H]21. The van der Waals surface area contributed by atoms with Crippen LogP contribution in [0.4, 0.5) is 4.39 Å². The van der Waals surface area contributed by atoms with Crippen LogP contribution in [0.15, 0.2) is 22.7 Å². The van der Waals surface area contributed by atoms with Gasteiger partial charge in [0.05, 0.1) is 11.6 Å². The largest absolute Gasteiger partial charge is 0.297 e. The lowest BCUT2D eigenvalue weighted by Gasteiger charge is -2.26. The molecule has 3 atom stereocenters. The minimum Gasteiger partial charge on any atom is -0.297 e. The molecule has 2 aliphatic rings. The first-order valence-electron chi connectivity index (χ1n) is 4.99. The van der Waals surface area contributed by atoms with Gasteiger partial charge in [-0.1, -0.05) is 15.9 Å². The molecular weight excluding hydrogens is 261 g/mol. The summed E-state index contributed by atoms with van der Waals surface area (Å²) < 4.78 is 14.6. The van der Waals surface area contributed by atoms with Crippen molar-refractivity contribution in [3.05, 3.63) is 34.1 Å². The molecule has 80 valence electrons. The van der Waals surface area contributed by atoms with E-state index in [9.17, 15) is 4.39 Å². The van der Waals surface area contributed by atoms with E-state index in [2.05, 4.69) is 21.4 Å². The highest BCUT2D eigenvalue weighted by molar-refractivity contribution is 9.10. The zero-order chi connectivity index (χ0) is 10.6.